The molecule has 0 spiro atoms. The molecule has 102 valence electrons. The van der Waals surface area contributed by atoms with Crippen molar-refractivity contribution in [3.05, 3.63) is 28.8 Å². The highest BCUT2D eigenvalue weighted by Crippen LogP contribution is 2.44. The largest absolute Gasteiger partial charge is 0.398 e. The summed E-state index contributed by atoms with van der Waals surface area (Å²) in [5.41, 5.74) is 9.40. The number of anilines is 1. The first-order valence-electron chi connectivity index (χ1n) is 7.24. The number of rotatable bonds is 4. The van der Waals surface area contributed by atoms with Crippen molar-refractivity contribution in [1.29, 1.82) is 0 Å². The van der Waals surface area contributed by atoms with Crippen molar-refractivity contribution in [3.8, 4) is 0 Å². The molecular formula is C16H22N2O. The zero-order valence-electron chi connectivity index (χ0n) is 11.7. The third-order valence-corrected chi connectivity index (χ3v) is 4.42. The number of carbonyl (C=O) groups is 1. The molecule has 0 heterocycles. The van der Waals surface area contributed by atoms with Crippen LogP contribution in [-0.2, 0) is 0 Å². The molecule has 0 aromatic heterocycles. The number of carbonyl (C=O) groups excluding carboxylic acids is 1. The molecule has 0 bridgehead atoms. The molecule has 1 aromatic carbocycles. The fraction of sp³-hybridized carbons (Fsp3) is 0.562. The number of benzene rings is 1. The van der Waals surface area contributed by atoms with Crippen LogP contribution in [0.2, 0.25) is 0 Å². The first-order valence-corrected chi connectivity index (χ1v) is 7.24. The van der Waals surface area contributed by atoms with E-state index in [1.165, 1.54) is 25.7 Å². The minimum Gasteiger partial charge on any atom is -0.398 e. The second-order valence-electron chi connectivity index (χ2n) is 6.20. The monoisotopic (exact) mass is 258 g/mol. The van der Waals surface area contributed by atoms with Crippen LogP contribution in [0.1, 0.15) is 47.2 Å². The molecular weight excluding hydrogens is 236 g/mol. The summed E-state index contributed by atoms with van der Waals surface area (Å²) in [6.07, 6.45) is 5.10. The predicted molar refractivity (Wildman–Crippen MR) is 77.0 cm³/mol. The van der Waals surface area contributed by atoms with E-state index >= 15 is 0 Å². The van der Waals surface area contributed by atoms with Gasteiger partial charge in [0.25, 0.3) is 5.91 Å². The van der Waals surface area contributed by atoms with Gasteiger partial charge in [-0.2, -0.15) is 0 Å². The summed E-state index contributed by atoms with van der Waals surface area (Å²) < 4.78 is 0. The number of aryl methyl sites for hydroxylation is 2. The van der Waals surface area contributed by atoms with Gasteiger partial charge in [0, 0.05) is 17.3 Å². The Kier molecular flexibility index (Phi) is 3.00. The highest BCUT2D eigenvalue weighted by atomic mass is 16.1. The number of hydrogen-bond donors (Lipinski definition) is 2. The second kappa shape index (κ2) is 4.55. The van der Waals surface area contributed by atoms with Crippen LogP contribution < -0.4 is 11.1 Å². The number of nitrogens with one attached hydrogen (secondary N) is 1. The maximum atomic E-state index is 12.4. The zero-order valence-corrected chi connectivity index (χ0v) is 11.7. The van der Waals surface area contributed by atoms with E-state index < -0.39 is 0 Å². The summed E-state index contributed by atoms with van der Waals surface area (Å²) >= 11 is 0. The van der Waals surface area contributed by atoms with Crippen LogP contribution in [0.5, 0.6) is 0 Å². The van der Waals surface area contributed by atoms with Crippen LogP contribution in [0, 0.1) is 25.7 Å². The molecule has 2 saturated carbocycles. The van der Waals surface area contributed by atoms with Gasteiger partial charge in [0.05, 0.1) is 0 Å². The van der Waals surface area contributed by atoms with Crippen LogP contribution in [0.15, 0.2) is 12.1 Å². The molecule has 1 aromatic rings. The Morgan fingerprint density at radius 1 is 1.16 bits per heavy atom. The molecule has 0 unspecified atom stereocenters. The molecule has 3 nitrogen and oxygen atoms in total. The molecule has 0 saturated heterocycles. The molecule has 0 atom stereocenters. The van der Waals surface area contributed by atoms with Gasteiger partial charge in [0.1, 0.15) is 0 Å². The van der Waals surface area contributed by atoms with Crippen molar-refractivity contribution in [2.45, 2.75) is 45.6 Å². The molecule has 0 aliphatic heterocycles. The van der Waals surface area contributed by atoms with E-state index in [0.29, 0.717) is 11.7 Å². The van der Waals surface area contributed by atoms with E-state index in [9.17, 15) is 4.79 Å². The third kappa shape index (κ3) is 2.60. The quantitative estimate of drug-likeness (QED) is 0.816. The van der Waals surface area contributed by atoms with Gasteiger partial charge in [-0.3, -0.25) is 4.79 Å². The number of hydrogen-bond acceptors (Lipinski definition) is 2. The summed E-state index contributed by atoms with van der Waals surface area (Å²) in [4.78, 5) is 12.4. The smallest absolute Gasteiger partial charge is 0.251 e. The highest BCUT2D eigenvalue weighted by molar-refractivity contribution is 5.97. The first-order chi connectivity index (χ1) is 9.06. The second-order valence-corrected chi connectivity index (χ2v) is 6.20. The Labute approximate surface area is 114 Å². The van der Waals surface area contributed by atoms with Gasteiger partial charge in [-0.05, 0) is 68.6 Å². The van der Waals surface area contributed by atoms with E-state index in [0.717, 1.165) is 28.5 Å². The first kappa shape index (κ1) is 12.5. The molecule has 19 heavy (non-hydrogen) atoms. The lowest BCUT2D eigenvalue weighted by atomic mass is 10.0. The molecule has 2 aliphatic rings. The van der Waals surface area contributed by atoms with Crippen molar-refractivity contribution in [2.24, 2.45) is 11.8 Å². The lowest BCUT2D eigenvalue weighted by molar-refractivity contribution is 0.0925. The Bertz CT molecular complexity index is 504. The lowest BCUT2D eigenvalue weighted by Gasteiger charge is -2.19. The van der Waals surface area contributed by atoms with Gasteiger partial charge in [0.2, 0.25) is 0 Å². The van der Waals surface area contributed by atoms with E-state index in [-0.39, 0.29) is 5.91 Å². The summed E-state index contributed by atoms with van der Waals surface area (Å²) in [5, 5.41) is 3.25. The Balaban J connectivity index is 1.77. The predicted octanol–water partition coefficient (Wildman–Crippen LogP) is 2.80. The summed E-state index contributed by atoms with van der Waals surface area (Å²) in [6, 6.07) is 4.21. The maximum Gasteiger partial charge on any atom is 0.251 e. The average molecular weight is 258 g/mol. The van der Waals surface area contributed by atoms with Gasteiger partial charge < -0.3 is 11.1 Å². The van der Waals surface area contributed by atoms with Gasteiger partial charge in [0.15, 0.2) is 0 Å². The molecule has 2 fully saturated rings. The average Bonchev–Trinajstić information content (AvgIpc) is 3.24. The molecule has 1 amide bonds. The van der Waals surface area contributed by atoms with E-state index in [1.807, 2.05) is 26.0 Å². The third-order valence-electron chi connectivity index (χ3n) is 4.42. The van der Waals surface area contributed by atoms with Gasteiger partial charge in [-0.15, -0.1) is 0 Å². The molecule has 3 heteroatoms. The van der Waals surface area contributed by atoms with Crippen molar-refractivity contribution < 1.29 is 4.79 Å². The maximum absolute atomic E-state index is 12.4. The van der Waals surface area contributed by atoms with Crippen molar-refractivity contribution in [1.82, 2.24) is 5.32 Å². The van der Waals surface area contributed by atoms with Gasteiger partial charge >= 0.3 is 0 Å². The van der Waals surface area contributed by atoms with Crippen molar-refractivity contribution in [3.63, 3.8) is 0 Å². The van der Waals surface area contributed by atoms with Crippen LogP contribution in [0.25, 0.3) is 0 Å². The summed E-state index contributed by atoms with van der Waals surface area (Å²) in [7, 11) is 0. The Morgan fingerprint density at radius 2 is 1.74 bits per heavy atom. The molecule has 3 N–H and O–H groups in total. The van der Waals surface area contributed by atoms with Gasteiger partial charge in [-0.25, -0.2) is 0 Å². The number of amides is 1. The molecule has 3 rings (SSSR count). The SMILES string of the molecule is Cc1cc(C)c(C(=O)NC(C2CC2)C2CC2)cc1N. The standard InChI is InChI=1S/C16H22N2O/c1-9-7-10(2)14(17)8-13(9)16(19)18-15(11-3-4-11)12-5-6-12/h7-8,11-12,15H,3-6,17H2,1-2H3,(H,18,19). The molecule has 0 radical (unpaired) electrons. The van der Waals surface area contributed by atoms with Crippen LogP contribution >= 0.6 is 0 Å². The van der Waals surface area contributed by atoms with Crippen LogP contribution in [0.3, 0.4) is 0 Å². The topological polar surface area (TPSA) is 55.1 Å². The van der Waals surface area contributed by atoms with E-state index in [4.69, 9.17) is 5.73 Å². The normalized spacial score (nSPS) is 18.7. The van der Waals surface area contributed by atoms with Crippen LogP contribution in [-0.4, -0.2) is 11.9 Å². The van der Waals surface area contributed by atoms with E-state index in [1.54, 1.807) is 0 Å². The molecule has 2 aliphatic carbocycles. The van der Waals surface area contributed by atoms with Crippen molar-refractivity contribution >= 4 is 11.6 Å². The zero-order chi connectivity index (χ0) is 13.6. The Hall–Kier alpha value is -1.51. The Morgan fingerprint density at radius 3 is 2.26 bits per heavy atom. The van der Waals surface area contributed by atoms with Gasteiger partial charge in [-0.1, -0.05) is 6.07 Å². The summed E-state index contributed by atoms with van der Waals surface area (Å²) in [6.45, 7) is 3.95. The lowest BCUT2D eigenvalue weighted by Crippen LogP contribution is -2.38. The number of nitrogen functional groups attached to an aromatic ring is 1. The van der Waals surface area contributed by atoms with Crippen LogP contribution in [0.4, 0.5) is 5.69 Å². The minimum absolute atomic E-state index is 0.0491. The fourth-order valence-corrected chi connectivity index (χ4v) is 2.87. The number of nitrogens with two attached hydrogens (primary N) is 1. The fourth-order valence-electron chi connectivity index (χ4n) is 2.87. The van der Waals surface area contributed by atoms with E-state index in [2.05, 4.69) is 5.32 Å². The highest BCUT2D eigenvalue weighted by Gasteiger charge is 2.42. The summed E-state index contributed by atoms with van der Waals surface area (Å²) in [5.74, 6) is 1.49. The van der Waals surface area contributed by atoms with Crippen molar-refractivity contribution in [2.75, 3.05) is 5.73 Å². The minimum atomic E-state index is 0.0491.